The fraction of sp³-hybridized carbons (Fsp3) is 0.200. The van der Waals surface area contributed by atoms with Crippen LogP contribution in [0.3, 0.4) is 0 Å². The van der Waals surface area contributed by atoms with Gasteiger partial charge in [0.25, 0.3) is 5.91 Å². The fourth-order valence-corrected chi connectivity index (χ4v) is 2.77. The molecule has 0 bridgehead atoms. The lowest BCUT2D eigenvalue weighted by Gasteiger charge is -2.17. The Balaban J connectivity index is 1.85. The van der Waals surface area contributed by atoms with Gasteiger partial charge in [0.1, 0.15) is 0 Å². The zero-order chi connectivity index (χ0) is 17.8. The van der Waals surface area contributed by atoms with Crippen LogP contribution < -0.4 is 14.8 Å². The van der Waals surface area contributed by atoms with Crippen molar-refractivity contribution in [3.63, 3.8) is 0 Å². The van der Waals surface area contributed by atoms with Gasteiger partial charge in [0.05, 0.1) is 31.3 Å². The molecule has 0 saturated heterocycles. The average Bonchev–Trinajstić information content (AvgIpc) is 2.66. The zero-order valence-corrected chi connectivity index (χ0v) is 14.4. The van der Waals surface area contributed by atoms with Crippen molar-refractivity contribution in [2.45, 2.75) is 13.0 Å². The van der Waals surface area contributed by atoms with Crippen LogP contribution in [0.15, 0.2) is 54.7 Å². The molecule has 2 aromatic carbocycles. The smallest absolute Gasteiger partial charge is 0.253 e. The predicted octanol–water partition coefficient (Wildman–Crippen LogP) is 3.74. The van der Waals surface area contributed by atoms with Crippen LogP contribution in [0.5, 0.6) is 11.5 Å². The number of para-hydroxylation sites is 1. The Bertz CT molecular complexity index is 903. The lowest BCUT2D eigenvalue weighted by Crippen LogP contribution is -2.27. The second kappa shape index (κ2) is 7.21. The maximum Gasteiger partial charge on any atom is 0.253 e. The molecule has 1 atom stereocenters. The van der Waals surface area contributed by atoms with E-state index in [2.05, 4.69) is 10.3 Å². The predicted molar refractivity (Wildman–Crippen MR) is 97.2 cm³/mol. The highest BCUT2D eigenvalue weighted by molar-refractivity contribution is 6.05. The maximum absolute atomic E-state index is 12.7. The van der Waals surface area contributed by atoms with E-state index in [1.807, 2.05) is 49.4 Å². The van der Waals surface area contributed by atoms with Gasteiger partial charge in [-0.3, -0.25) is 9.78 Å². The van der Waals surface area contributed by atoms with Crippen molar-refractivity contribution >= 4 is 16.8 Å². The number of hydrogen-bond acceptors (Lipinski definition) is 4. The summed E-state index contributed by atoms with van der Waals surface area (Å²) in [5, 5.41) is 3.96. The largest absolute Gasteiger partial charge is 0.493 e. The number of amides is 1. The van der Waals surface area contributed by atoms with E-state index in [-0.39, 0.29) is 11.9 Å². The molecule has 5 heteroatoms. The normalized spacial score (nSPS) is 11.8. The van der Waals surface area contributed by atoms with Crippen molar-refractivity contribution in [1.82, 2.24) is 10.3 Å². The van der Waals surface area contributed by atoms with Gasteiger partial charge in [-0.25, -0.2) is 0 Å². The summed E-state index contributed by atoms with van der Waals surface area (Å²) in [7, 11) is 3.18. The number of carbonyl (C=O) groups excluding carboxylic acids is 1. The van der Waals surface area contributed by atoms with Crippen molar-refractivity contribution in [2.24, 2.45) is 0 Å². The fourth-order valence-electron chi connectivity index (χ4n) is 2.77. The molecule has 1 amide bonds. The number of benzene rings is 2. The Morgan fingerprint density at radius 2 is 1.80 bits per heavy atom. The Labute approximate surface area is 146 Å². The van der Waals surface area contributed by atoms with Gasteiger partial charge < -0.3 is 14.8 Å². The van der Waals surface area contributed by atoms with Gasteiger partial charge in [0, 0.05) is 11.6 Å². The number of nitrogens with zero attached hydrogens (tertiary/aromatic N) is 1. The summed E-state index contributed by atoms with van der Waals surface area (Å²) >= 11 is 0. The molecule has 0 fully saturated rings. The second-order valence-corrected chi connectivity index (χ2v) is 5.69. The third-order valence-electron chi connectivity index (χ3n) is 4.13. The van der Waals surface area contributed by atoms with E-state index < -0.39 is 0 Å². The van der Waals surface area contributed by atoms with E-state index in [0.717, 1.165) is 10.9 Å². The van der Waals surface area contributed by atoms with Crippen molar-refractivity contribution in [1.29, 1.82) is 0 Å². The molecule has 0 aliphatic rings. The number of carbonyl (C=O) groups is 1. The molecular formula is C20H20N2O3. The quantitative estimate of drug-likeness (QED) is 0.771. The molecule has 0 aliphatic heterocycles. The van der Waals surface area contributed by atoms with Crippen LogP contribution in [0.4, 0.5) is 0 Å². The molecule has 5 nitrogen and oxygen atoms in total. The van der Waals surface area contributed by atoms with Crippen molar-refractivity contribution in [3.05, 3.63) is 65.9 Å². The van der Waals surface area contributed by atoms with Gasteiger partial charge in [0.15, 0.2) is 11.5 Å². The van der Waals surface area contributed by atoms with E-state index >= 15 is 0 Å². The van der Waals surface area contributed by atoms with Gasteiger partial charge in [-0.1, -0.05) is 24.3 Å². The molecule has 0 saturated carbocycles. The van der Waals surface area contributed by atoms with Gasteiger partial charge in [-0.15, -0.1) is 0 Å². The lowest BCUT2D eigenvalue weighted by molar-refractivity contribution is 0.0941. The minimum atomic E-state index is -0.189. The van der Waals surface area contributed by atoms with Gasteiger partial charge in [-0.2, -0.15) is 0 Å². The summed E-state index contributed by atoms with van der Waals surface area (Å²) in [6.07, 6.45) is 1.69. The minimum Gasteiger partial charge on any atom is -0.493 e. The number of fused-ring (bicyclic) bond motifs is 1. The van der Waals surface area contributed by atoms with Crippen LogP contribution in [0.25, 0.3) is 10.9 Å². The SMILES string of the molecule is COc1ccc(C(C)NC(=O)c2cccc3cccnc23)cc1OC. The van der Waals surface area contributed by atoms with Crippen LogP contribution in [-0.2, 0) is 0 Å². The number of ether oxygens (including phenoxy) is 2. The molecule has 0 spiro atoms. The topological polar surface area (TPSA) is 60.5 Å². The van der Waals surface area contributed by atoms with E-state index in [0.29, 0.717) is 22.6 Å². The monoisotopic (exact) mass is 336 g/mol. The second-order valence-electron chi connectivity index (χ2n) is 5.69. The molecule has 1 heterocycles. The van der Waals surface area contributed by atoms with Crippen LogP contribution in [0, 0.1) is 0 Å². The average molecular weight is 336 g/mol. The Morgan fingerprint density at radius 3 is 2.56 bits per heavy atom. The third kappa shape index (κ3) is 3.40. The first kappa shape index (κ1) is 16.8. The highest BCUT2D eigenvalue weighted by Gasteiger charge is 2.16. The van der Waals surface area contributed by atoms with Crippen LogP contribution >= 0.6 is 0 Å². The van der Waals surface area contributed by atoms with E-state index in [1.165, 1.54) is 0 Å². The summed E-state index contributed by atoms with van der Waals surface area (Å²) in [6.45, 7) is 1.93. The first-order valence-corrected chi connectivity index (χ1v) is 8.00. The molecule has 128 valence electrons. The van der Waals surface area contributed by atoms with E-state index in [9.17, 15) is 4.79 Å². The molecule has 25 heavy (non-hydrogen) atoms. The summed E-state index contributed by atoms with van der Waals surface area (Å²) in [4.78, 5) is 17.0. The summed E-state index contributed by atoms with van der Waals surface area (Å²) in [5.74, 6) is 1.13. The van der Waals surface area contributed by atoms with E-state index in [1.54, 1.807) is 26.5 Å². The highest BCUT2D eigenvalue weighted by atomic mass is 16.5. The minimum absolute atomic E-state index is 0.161. The molecule has 3 aromatic rings. The molecule has 0 aliphatic carbocycles. The molecular weight excluding hydrogens is 316 g/mol. The van der Waals surface area contributed by atoms with Crippen LogP contribution in [0.1, 0.15) is 28.9 Å². The number of nitrogens with one attached hydrogen (secondary N) is 1. The number of hydrogen-bond donors (Lipinski definition) is 1. The van der Waals surface area contributed by atoms with Crippen molar-refractivity contribution < 1.29 is 14.3 Å². The number of methoxy groups -OCH3 is 2. The maximum atomic E-state index is 12.7. The molecule has 0 radical (unpaired) electrons. The first-order valence-electron chi connectivity index (χ1n) is 8.00. The number of pyridine rings is 1. The lowest BCUT2D eigenvalue weighted by atomic mass is 10.1. The molecule has 1 N–H and O–H groups in total. The van der Waals surface area contributed by atoms with Gasteiger partial charge in [-0.05, 0) is 36.8 Å². The van der Waals surface area contributed by atoms with Gasteiger partial charge in [0.2, 0.25) is 0 Å². The summed E-state index contributed by atoms with van der Waals surface area (Å²) in [5.41, 5.74) is 2.19. The van der Waals surface area contributed by atoms with Crippen molar-refractivity contribution in [2.75, 3.05) is 14.2 Å². The standard InChI is InChI=1S/C20H20N2O3/c1-13(15-9-10-17(24-2)18(12-15)25-3)22-20(23)16-8-4-6-14-7-5-11-21-19(14)16/h4-13H,1-3H3,(H,22,23). The first-order chi connectivity index (χ1) is 12.1. The summed E-state index contributed by atoms with van der Waals surface area (Å²) in [6, 6.07) is 14.8. The Hall–Kier alpha value is -3.08. The molecule has 1 aromatic heterocycles. The van der Waals surface area contributed by atoms with E-state index in [4.69, 9.17) is 9.47 Å². The van der Waals surface area contributed by atoms with Crippen LogP contribution in [0.2, 0.25) is 0 Å². The molecule has 1 unspecified atom stereocenters. The van der Waals surface area contributed by atoms with Crippen LogP contribution in [-0.4, -0.2) is 25.1 Å². The van der Waals surface area contributed by atoms with Gasteiger partial charge >= 0.3 is 0 Å². The summed E-state index contributed by atoms with van der Waals surface area (Å²) < 4.78 is 10.6. The highest BCUT2D eigenvalue weighted by Crippen LogP contribution is 2.30. The Morgan fingerprint density at radius 1 is 1.04 bits per heavy atom. The Kier molecular flexibility index (Phi) is 4.84. The van der Waals surface area contributed by atoms with Crippen molar-refractivity contribution in [3.8, 4) is 11.5 Å². The number of aromatic nitrogens is 1. The zero-order valence-electron chi connectivity index (χ0n) is 14.4. The molecule has 3 rings (SSSR count). The third-order valence-corrected chi connectivity index (χ3v) is 4.13. The number of rotatable bonds is 5.